The molecular weight excluding hydrogens is 170 g/mol. The van der Waals surface area contributed by atoms with Gasteiger partial charge < -0.3 is 9.22 Å². The first-order chi connectivity index (χ1) is 4.42. The number of hydrogen-bond acceptors (Lipinski definition) is 2. The van der Waals surface area contributed by atoms with Crippen LogP contribution >= 0.6 is 0 Å². The molecule has 0 spiro atoms. The number of ether oxygens (including phenoxy) is 1. The van der Waals surface area contributed by atoms with Gasteiger partial charge in [-0.15, -0.1) is 0 Å². The molecule has 0 aromatic rings. The van der Waals surface area contributed by atoms with Gasteiger partial charge in [-0.05, 0) is 0 Å². The van der Waals surface area contributed by atoms with E-state index in [4.69, 9.17) is 4.74 Å². The Balaban J connectivity index is 0. The molecule has 0 heterocycles. The Morgan fingerprint density at radius 1 is 1.36 bits per heavy atom. The van der Waals surface area contributed by atoms with Gasteiger partial charge >= 0.3 is 43.7 Å². The van der Waals surface area contributed by atoms with E-state index in [2.05, 4.69) is 21.1 Å². The molecule has 0 rings (SSSR count). The van der Waals surface area contributed by atoms with E-state index in [1.165, 1.54) is 6.92 Å². The van der Waals surface area contributed by atoms with E-state index in [0.29, 0.717) is 6.61 Å². The van der Waals surface area contributed by atoms with Crippen molar-refractivity contribution in [1.29, 1.82) is 0 Å². The van der Waals surface area contributed by atoms with Gasteiger partial charge in [0.25, 0.3) is 0 Å². The van der Waals surface area contributed by atoms with E-state index in [-0.39, 0.29) is 43.7 Å². The quantitative estimate of drug-likeness (QED) is 0.334. The minimum absolute atomic E-state index is 0. The van der Waals surface area contributed by atoms with Crippen molar-refractivity contribution in [2.75, 3.05) is 34.3 Å². The number of carbonyl (C=O) groups excluding carboxylic acids is 1. The molecule has 64 valence electrons. The van der Waals surface area contributed by atoms with Crippen molar-refractivity contribution in [2.24, 2.45) is 0 Å². The zero-order valence-corrected chi connectivity index (χ0v) is 7.18. The second-order valence-corrected chi connectivity index (χ2v) is 3.35. The van der Waals surface area contributed by atoms with Gasteiger partial charge in [0.05, 0.1) is 21.1 Å². The van der Waals surface area contributed by atoms with Gasteiger partial charge in [-0.1, -0.05) is 0 Å². The summed E-state index contributed by atoms with van der Waals surface area (Å²) in [6.45, 7) is 2.80. The second kappa shape index (κ2) is 6.23. The van der Waals surface area contributed by atoms with Crippen LogP contribution in [0.4, 0.5) is 0 Å². The summed E-state index contributed by atoms with van der Waals surface area (Å²) in [6.07, 6.45) is 0. The summed E-state index contributed by atoms with van der Waals surface area (Å²) in [5.41, 5.74) is 0. The average molecular weight is 188 g/mol. The Kier molecular flexibility index (Phi) is 8.06. The third kappa shape index (κ3) is 13.7. The third-order valence-corrected chi connectivity index (χ3v) is 1.07. The van der Waals surface area contributed by atoms with Gasteiger partial charge in [0.2, 0.25) is 0 Å². The fourth-order valence-corrected chi connectivity index (χ4v) is 0.463. The fourth-order valence-electron chi connectivity index (χ4n) is 0.463. The number of hydrogen-bond donors (Lipinski definition) is 0. The Morgan fingerprint density at radius 3 is 2.09 bits per heavy atom. The number of rotatable bonds is 3. The van der Waals surface area contributed by atoms with E-state index in [1.807, 2.05) is 0 Å². The molecule has 3 nitrogen and oxygen atoms in total. The van der Waals surface area contributed by atoms with Crippen LogP contribution in [0.5, 0.6) is 0 Å². The molecule has 0 saturated carbocycles. The molecule has 0 aliphatic carbocycles. The van der Waals surface area contributed by atoms with E-state index in [0.717, 1.165) is 11.0 Å². The van der Waals surface area contributed by atoms with Gasteiger partial charge in [0.15, 0.2) is 0 Å². The minimum atomic E-state index is -0.201. The van der Waals surface area contributed by atoms with Crippen molar-refractivity contribution < 1.29 is 14.0 Å². The van der Waals surface area contributed by atoms with Crippen LogP contribution in [0.1, 0.15) is 6.92 Å². The first-order valence-corrected chi connectivity index (χ1v) is 3.35. The molecule has 0 bridgehead atoms. The number of quaternary nitrogens is 1. The average Bonchev–Trinajstić information content (AvgIpc) is 1.59. The Bertz CT molecular complexity index is 120. The number of likely N-dealkylation sites (N-methyl/N-ethyl adjacent to an activating group) is 1. The molecule has 0 fully saturated rings. The van der Waals surface area contributed by atoms with Crippen LogP contribution in [0, 0.1) is 0 Å². The topological polar surface area (TPSA) is 26.3 Å². The summed E-state index contributed by atoms with van der Waals surface area (Å²) in [7, 11) is 6.18. The molecule has 0 saturated heterocycles. The SMILES string of the molecule is CC(=O)OCC[N+](C)(C)C.[CaH2]. The Morgan fingerprint density at radius 2 is 1.82 bits per heavy atom. The molecule has 0 unspecified atom stereocenters. The predicted molar refractivity (Wildman–Crippen MR) is 48.1 cm³/mol. The summed E-state index contributed by atoms with van der Waals surface area (Å²) in [5, 5.41) is 0. The van der Waals surface area contributed by atoms with Gasteiger partial charge in [-0.25, -0.2) is 0 Å². The van der Waals surface area contributed by atoms with Gasteiger partial charge in [0.1, 0.15) is 13.2 Å². The first kappa shape index (κ1) is 14.2. The molecular formula is C7H18CaNO2+. The zero-order valence-electron chi connectivity index (χ0n) is 7.18. The van der Waals surface area contributed by atoms with E-state index in [1.54, 1.807) is 0 Å². The van der Waals surface area contributed by atoms with Crippen molar-refractivity contribution in [3.8, 4) is 0 Å². The molecule has 0 amide bonds. The molecule has 11 heavy (non-hydrogen) atoms. The standard InChI is InChI=1S/C7H16NO2.Ca.2H/c1-7(9)10-6-5-8(2,3)4;;;/h5-6H2,1-4H3;;;/q+1;;;. The molecule has 0 atom stereocenters. The number of nitrogens with zero attached hydrogens (tertiary/aromatic N) is 1. The summed E-state index contributed by atoms with van der Waals surface area (Å²) >= 11 is 0. The number of esters is 1. The van der Waals surface area contributed by atoms with E-state index < -0.39 is 0 Å². The van der Waals surface area contributed by atoms with Crippen LogP contribution in [0.15, 0.2) is 0 Å². The summed E-state index contributed by atoms with van der Waals surface area (Å²) in [5.74, 6) is -0.201. The van der Waals surface area contributed by atoms with Crippen molar-refractivity contribution in [1.82, 2.24) is 0 Å². The maximum atomic E-state index is 10.3. The van der Waals surface area contributed by atoms with E-state index in [9.17, 15) is 4.79 Å². The molecule has 0 radical (unpaired) electrons. The van der Waals surface area contributed by atoms with Crippen molar-refractivity contribution in [3.63, 3.8) is 0 Å². The predicted octanol–water partition coefficient (Wildman–Crippen LogP) is -0.660. The molecule has 0 aromatic carbocycles. The Hall–Kier alpha value is 0.690. The van der Waals surface area contributed by atoms with Crippen LogP contribution in [0.3, 0.4) is 0 Å². The monoisotopic (exact) mass is 188 g/mol. The molecule has 0 aliphatic rings. The van der Waals surface area contributed by atoms with Crippen LogP contribution in [0.2, 0.25) is 0 Å². The van der Waals surface area contributed by atoms with Crippen LogP contribution < -0.4 is 0 Å². The summed E-state index contributed by atoms with van der Waals surface area (Å²) in [6, 6.07) is 0. The summed E-state index contributed by atoms with van der Waals surface area (Å²) in [4.78, 5) is 10.3. The van der Waals surface area contributed by atoms with Gasteiger partial charge in [0, 0.05) is 6.92 Å². The van der Waals surface area contributed by atoms with Gasteiger partial charge in [-0.2, -0.15) is 0 Å². The van der Waals surface area contributed by atoms with Gasteiger partial charge in [-0.3, -0.25) is 4.79 Å². The molecule has 0 aliphatic heterocycles. The second-order valence-electron chi connectivity index (χ2n) is 3.35. The van der Waals surface area contributed by atoms with Crippen LogP contribution in [0.25, 0.3) is 0 Å². The Labute approximate surface area is 98.3 Å². The third-order valence-electron chi connectivity index (χ3n) is 1.07. The van der Waals surface area contributed by atoms with Crippen molar-refractivity contribution >= 4 is 43.7 Å². The molecule has 4 heteroatoms. The van der Waals surface area contributed by atoms with Crippen LogP contribution in [-0.4, -0.2) is 82.5 Å². The first-order valence-electron chi connectivity index (χ1n) is 3.35. The number of carbonyl (C=O) groups is 1. The fraction of sp³-hybridized carbons (Fsp3) is 0.857. The maximum absolute atomic E-state index is 10.3. The van der Waals surface area contributed by atoms with Crippen molar-refractivity contribution in [3.05, 3.63) is 0 Å². The zero-order chi connectivity index (χ0) is 8.20. The summed E-state index contributed by atoms with van der Waals surface area (Å²) < 4.78 is 5.59. The normalized spacial score (nSPS) is 10.2. The molecule has 0 N–H and O–H groups in total. The van der Waals surface area contributed by atoms with E-state index >= 15 is 0 Å². The van der Waals surface area contributed by atoms with Crippen molar-refractivity contribution in [2.45, 2.75) is 6.92 Å². The molecule has 0 aromatic heterocycles. The van der Waals surface area contributed by atoms with Crippen LogP contribution in [-0.2, 0) is 9.53 Å².